The third kappa shape index (κ3) is 5.06. The molecule has 0 radical (unpaired) electrons. The summed E-state index contributed by atoms with van der Waals surface area (Å²) in [6.07, 6.45) is 8.58. The Bertz CT molecular complexity index is 622. The van der Waals surface area contributed by atoms with Crippen LogP contribution in [0.5, 0.6) is 0 Å². The SMILES string of the molecule is C/C=C/C=C/C(=O)N1CCC[C@@H](C(=O)Nc2cccc(C)n2)C1. The zero-order valence-corrected chi connectivity index (χ0v) is 13.7. The molecular formula is C18H23N3O2. The molecule has 1 atom stereocenters. The van der Waals surface area contributed by atoms with Gasteiger partial charge in [-0.25, -0.2) is 4.98 Å². The number of amides is 2. The van der Waals surface area contributed by atoms with Crippen LogP contribution >= 0.6 is 0 Å². The molecule has 5 heteroatoms. The van der Waals surface area contributed by atoms with E-state index in [0.717, 1.165) is 18.5 Å². The molecule has 0 spiro atoms. The molecule has 1 N–H and O–H groups in total. The number of hydrogen-bond acceptors (Lipinski definition) is 3. The smallest absolute Gasteiger partial charge is 0.246 e. The summed E-state index contributed by atoms with van der Waals surface area (Å²) in [4.78, 5) is 30.5. The summed E-state index contributed by atoms with van der Waals surface area (Å²) >= 11 is 0. The minimum Gasteiger partial charge on any atom is -0.338 e. The van der Waals surface area contributed by atoms with Crippen LogP contribution in [0.15, 0.2) is 42.5 Å². The highest BCUT2D eigenvalue weighted by Gasteiger charge is 2.27. The van der Waals surface area contributed by atoms with Crippen LogP contribution in [-0.4, -0.2) is 34.8 Å². The second-order valence-corrected chi connectivity index (χ2v) is 5.66. The Kier molecular flexibility index (Phi) is 6.09. The normalized spacial score (nSPS) is 18.5. The van der Waals surface area contributed by atoms with E-state index in [9.17, 15) is 9.59 Å². The monoisotopic (exact) mass is 313 g/mol. The van der Waals surface area contributed by atoms with E-state index in [1.807, 2.05) is 38.1 Å². The van der Waals surface area contributed by atoms with Crippen molar-refractivity contribution in [2.45, 2.75) is 26.7 Å². The Hall–Kier alpha value is -2.43. The number of likely N-dealkylation sites (tertiary alicyclic amines) is 1. The van der Waals surface area contributed by atoms with Crippen LogP contribution in [0.4, 0.5) is 5.82 Å². The molecule has 122 valence electrons. The van der Waals surface area contributed by atoms with E-state index in [1.54, 1.807) is 23.1 Å². The maximum Gasteiger partial charge on any atom is 0.246 e. The lowest BCUT2D eigenvalue weighted by atomic mass is 9.97. The second kappa shape index (κ2) is 8.27. The fraction of sp³-hybridized carbons (Fsp3) is 0.389. The number of hydrogen-bond donors (Lipinski definition) is 1. The first-order chi connectivity index (χ1) is 11.1. The van der Waals surface area contributed by atoms with Gasteiger partial charge in [0.25, 0.3) is 0 Å². The number of nitrogens with one attached hydrogen (secondary N) is 1. The highest BCUT2D eigenvalue weighted by Crippen LogP contribution is 2.18. The van der Waals surface area contributed by atoms with Gasteiger partial charge >= 0.3 is 0 Å². The van der Waals surface area contributed by atoms with Crippen molar-refractivity contribution in [1.29, 1.82) is 0 Å². The average molecular weight is 313 g/mol. The first-order valence-corrected chi connectivity index (χ1v) is 7.93. The Morgan fingerprint density at radius 2 is 2.17 bits per heavy atom. The highest BCUT2D eigenvalue weighted by atomic mass is 16.2. The molecule has 0 aliphatic carbocycles. The number of anilines is 1. The van der Waals surface area contributed by atoms with Gasteiger partial charge in [0.15, 0.2) is 0 Å². The first kappa shape index (κ1) is 16.9. The third-order valence-corrected chi connectivity index (χ3v) is 3.79. The molecule has 1 aromatic heterocycles. The zero-order chi connectivity index (χ0) is 16.7. The number of piperidine rings is 1. The van der Waals surface area contributed by atoms with Crippen LogP contribution < -0.4 is 5.32 Å². The molecule has 23 heavy (non-hydrogen) atoms. The molecule has 1 saturated heterocycles. The predicted molar refractivity (Wildman–Crippen MR) is 90.9 cm³/mol. The van der Waals surface area contributed by atoms with Crippen LogP contribution in [0.3, 0.4) is 0 Å². The van der Waals surface area contributed by atoms with Crippen molar-refractivity contribution < 1.29 is 9.59 Å². The molecule has 1 fully saturated rings. The summed E-state index contributed by atoms with van der Waals surface area (Å²) in [6, 6.07) is 5.52. The van der Waals surface area contributed by atoms with Crippen LogP contribution in [0.25, 0.3) is 0 Å². The molecule has 1 aliphatic heterocycles. The number of allylic oxidation sites excluding steroid dienone is 3. The van der Waals surface area contributed by atoms with Crippen molar-refractivity contribution in [2.24, 2.45) is 5.92 Å². The van der Waals surface area contributed by atoms with Gasteiger partial charge in [-0.15, -0.1) is 0 Å². The quantitative estimate of drug-likeness (QED) is 0.687. The van der Waals surface area contributed by atoms with Crippen molar-refractivity contribution >= 4 is 17.6 Å². The minimum atomic E-state index is -0.190. The van der Waals surface area contributed by atoms with Gasteiger partial charge in [-0.2, -0.15) is 0 Å². The molecule has 0 bridgehead atoms. The van der Waals surface area contributed by atoms with Crippen molar-refractivity contribution in [2.75, 3.05) is 18.4 Å². The fourth-order valence-electron chi connectivity index (χ4n) is 2.59. The molecule has 0 unspecified atom stereocenters. The van der Waals surface area contributed by atoms with Gasteiger partial charge in [0.1, 0.15) is 5.82 Å². The second-order valence-electron chi connectivity index (χ2n) is 5.66. The van der Waals surface area contributed by atoms with Gasteiger partial charge in [-0.1, -0.05) is 24.3 Å². The van der Waals surface area contributed by atoms with Gasteiger partial charge < -0.3 is 10.2 Å². The molecule has 0 aromatic carbocycles. The predicted octanol–water partition coefficient (Wildman–Crippen LogP) is 2.70. The van der Waals surface area contributed by atoms with Crippen molar-refractivity contribution in [3.05, 3.63) is 48.2 Å². The lowest BCUT2D eigenvalue weighted by Crippen LogP contribution is -2.43. The number of carbonyl (C=O) groups is 2. The number of pyridine rings is 1. The van der Waals surface area contributed by atoms with Crippen molar-refractivity contribution in [3.63, 3.8) is 0 Å². The van der Waals surface area contributed by atoms with Gasteiger partial charge in [0, 0.05) is 24.9 Å². The van der Waals surface area contributed by atoms with Gasteiger partial charge in [0.2, 0.25) is 11.8 Å². The van der Waals surface area contributed by atoms with Gasteiger partial charge in [-0.05, 0) is 38.8 Å². The van der Waals surface area contributed by atoms with E-state index in [2.05, 4.69) is 10.3 Å². The Morgan fingerprint density at radius 1 is 1.35 bits per heavy atom. The molecule has 1 aliphatic rings. The topological polar surface area (TPSA) is 62.3 Å². The molecule has 1 aromatic rings. The summed E-state index contributed by atoms with van der Waals surface area (Å²) in [5.74, 6) is 0.254. The molecule has 5 nitrogen and oxygen atoms in total. The maximum atomic E-state index is 12.4. The van der Waals surface area contributed by atoms with Crippen LogP contribution in [0, 0.1) is 12.8 Å². The highest BCUT2D eigenvalue weighted by molar-refractivity contribution is 5.93. The molecular weight excluding hydrogens is 290 g/mol. The standard InChI is InChI=1S/C18H23N3O2/c1-3-4-5-11-17(22)21-12-7-9-15(13-21)18(23)20-16-10-6-8-14(2)19-16/h3-6,8,10-11,15H,7,9,12-13H2,1-2H3,(H,19,20,23)/b4-3+,11-5+/t15-/m1/s1. The summed E-state index contributed by atoms with van der Waals surface area (Å²) in [5.41, 5.74) is 0.859. The van der Waals surface area contributed by atoms with E-state index >= 15 is 0 Å². The Morgan fingerprint density at radius 3 is 2.91 bits per heavy atom. The van der Waals surface area contributed by atoms with E-state index in [1.165, 1.54) is 0 Å². The minimum absolute atomic E-state index is 0.0470. The largest absolute Gasteiger partial charge is 0.338 e. The molecule has 2 amide bonds. The fourth-order valence-corrected chi connectivity index (χ4v) is 2.59. The van der Waals surface area contributed by atoms with Gasteiger partial charge in [-0.3, -0.25) is 9.59 Å². The molecule has 2 rings (SSSR count). The number of aromatic nitrogens is 1. The number of carbonyl (C=O) groups excluding carboxylic acids is 2. The van der Waals surface area contributed by atoms with E-state index in [4.69, 9.17) is 0 Å². The Labute approximate surface area is 137 Å². The zero-order valence-electron chi connectivity index (χ0n) is 13.7. The number of aryl methyl sites for hydroxylation is 1. The van der Waals surface area contributed by atoms with E-state index < -0.39 is 0 Å². The van der Waals surface area contributed by atoms with E-state index in [-0.39, 0.29) is 17.7 Å². The average Bonchev–Trinajstić information content (AvgIpc) is 2.55. The third-order valence-electron chi connectivity index (χ3n) is 3.79. The number of rotatable bonds is 4. The maximum absolute atomic E-state index is 12.4. The first-order valence-electron chi connectivity index (χ1n) is 7.93. The molecule has 2 heterocycles. The number of nitrogens with zero attached hydrogens (tertiary/aromatic N) is 2. The molecule has 0 saturated carbocycles. The summed E-state index contributed by atoms with van der Waals surface area (Å²) in [7, 11) is 0. The Balaban J connectivity index is 1.94. The van der Waals surface area contributed by atoms with E-state index in [0.29, 0.717) is 18.9 Å². The summed E-state index contributed by atoms with van der Waals surface area (Å²) in [6.45, 7) is 4.94. The summed E-state index contributed by atoms with van der Waals surface area (Å²) in [5, 5.41) is 2.85. The lowest BCUT2D eigenvalue weighted by Gasteiger charge is -2.31. The van der Waals surface area contributed by atoms with Gasteiger partial charge in [0.05, 0.1) is 5.92 Å². The van der Waals surface area contributed by atoms with Crippen molar-refractivity contribution in [1.82, 2.24) is 9.88 Å². The van der Waals surface area contributed by atoms with Crippen molar-refractivity contribution in [3.8, 4) is 0 Å². The van der Waals surface area contributed by atoms with Crippen LogP contribution in [0.2, 0.25) is 0 Å². The lowest BCUT2D eigenvalue weighted by molar-refractivity contribution is -0.130. The van der Waals surface area contributed by atoms with Crippen LogP contribution in [-0.2, 0) is 9.59 Å². The summed E-state index contributed by atoms with van der Waals surface area (Å²) < 4.78 is 0. The van der Waals surface area contributed by atoms with Crippen LogP contribution in [0.1, 0.15) is 25.5 Å².